The predicted octanol–water partition coefficient (Wildman–Crippen LogP) is 17.7. The Bertz CT molecular complexity index is 1020. The molecule has 0 aromatic heterocycles. The van der Waals surface area contributed by atoms with Crippen molar-refractivity contribution in [1.82, 2.24) is 0 Å². The number of carbonyl (C=O) groups excluding carboxylic acids is 4. The van der Waals surface area contributed by atoms with Gasteiger partial charge in [-0.15, -0.1) is 0 Å². The number of aliphatic carboxylic acids is 2. The van der Waals surface area contributed by atoms with E-state index in [1.807, 2.05) is 0 Å². The van der Waals surface area contributed by atoms with Crippen LogP contribution >= 0.6 is 0 Å². The number of rotatable bonds is 56. The van der Waals surface area contributed by atoms with Gasteiger partial charge in [-0.25, -0.2) is 0 Å². The van der Waals surface area contributed by atoms with Crippen LogP contribution in [0.25, 0.3) is 0 Å². The van der Waals surface area contributed by atoms with E-state index in [9.17, 15) is 29.4 Å². The van der Waals surface area contributed by atoms with Gasteiger partial charge in [0.05, 0.1) is 0 Å². The van der Waals surface area contributed by atoms with Crippen LogP contribution in [-0.4, -0.2) is 36.1 Å². The van der Waals surface area contributed by atoms with E-state index in [-0.39, 0.29) is 56.5 Å². The minimum absolute atomic E-state index is 0. The zero-order valence-corrected chi connectivity index (χ0v) is 50.9. The van der Waals surface area contributed by atoms with Crippen LogP contribution in [0.2, 0.25) is 0 Å². The van der Waals surface area contributed by atoms with Crippen molar-refractivity contribution in [3.63, 3.8) is 0 Å². The molecule has 2 atom stereocenters. The fourth-order valence-electron chi connectivity index (χ4n) is 9.50. The number of unbranched alkanes of at least 4 members (excludes halogenated alkanes) is 38. The van der Waals surface area contributed by atoms with Crippen molar-refractivity contribution in [3.8, 4) is 0 Å². The first-order valence-electron chi connectivity index (χ1n) is 31.0. The number of hydrogen-bond acceptors (Lipinski definition) is 8. The summed E-state index contributed by atoms with van der Waals surface area (Å²) in [5.41, 5.74) is 0. The minimum atomic E-state index is -0.925. The average molecular weight is 1060 g/mol. The predicted molar refractivity (Wildman–Crippen MR) is 293 cm³/mol. The van der Waals surface area contributed by atoms with Crippen LogP contribution in [-0.2, 0) is 48.1 Å². The Morgan fingerprint density at radius 1 is 0.268 bits per heavy atom. The number of esters is 2. The van der Waals surface area contributed by atoms with E-state index in [1.54, 1.807) is 0 Å². The molecule has 0 aromatic rings. The van der Waals surface area contributed by atoms with Gasteiger partial charge in [-0.05, 0) is 77.0 Å². The SMILES string of the molecule is CCCCCCCCCCCCC(=O)OC(CCCC)CCCCCCCCCCCCC(=O)[O-].CCCCCCCCCCCCC(=O)OC(CCCC)CCCCCCCCCCCCC(=O)[O-].[Zn+2]. The number of carboxylic acids is 2. The summed E-state index contributed by atoms with van der Waals surface area (Å²) in [6.45, 7) is 8.93. The maximum absolute atomic E-state index is 12.3. The zero-order valence-electron chi connectivity index (χ0n) is 47.9. The molecule has 0 aliphatic carbocycles. The molecule has 0 spiro atoms. The van der Waals surface area contributed by atoms with E-state index < -0.39 is 11.9 Å². The first-order chi connectivity index (χ1) is 34.2. The van der Waals surface area contributed by atoms with Crippen molar-refractivity contribution in [3.05, 3.63) is 0 Å². The Morgan fingerprint density at radius 2 is 0.451 bits per heavy atom. The second kappa shape index (κ2) is 62.8. The van der Waals surface area contributed by atoms with Crippen LogP contribution in [0.1, 0.15) is 362 Å². The van der Waals surface area contributed by atoms with Crippen LogP contribution in [0.5, 0.6) is 0 Å². The summed E-state index contributed by atoms with van der Waals surface area (Å²) in [5, 5.41) is 20.8. The minimum Gasteiger partial charge on any atom is -0.550 e. The molecule has 0 fully saturated rings. The van der Waals surface area contributed by atoms with Crippen molar-refractivity contribution >= 4 is 23.9 Å². The number of carboxylic acid groups (broad SMARTS) is 2. The Hall–Kier alpha value is -1.50. The van der Waals surface area contributed by atoms with Crippen LogP contribution in [0, 0.1) is 0 Å². The summed E-state index contributed by atoms with van der Waals surface area (Å²) >= 11 is 0. The van der Waals surface area contributed by atoms with Gasteiger partial charge in [-0.2, -0.15) is 0 Å². The van der Waals surface area contributed by atoms with Gasteiger partial charge in [0.2, 0.25) is 0 Å². The van der Waals surface area contributed by atoms with Gasteiger partial charge in [-0.3, -0.25) is 9.59 Å². The smallest absolute Gasteiger partial charge is 0.550 e. The van der Waals surface area contributed by atoms with E-state index in [0.29, 0.717) is 12.8 Å². The van der Waals surface area contributed by atoms with Crippen LogP contribution < -0.4 is 10.2 Å². The Morgan fingerprint density at radius 3 is 0.676 bits per heavy atom. The summed E-state index contributed by atoms with van der Waals surface area (Å²) in [4.78, 5) is 45.4. The van der Waals surface area contributed by atoms with Crippen molar-refractivity contribution in [2.24, 2.45) is 0 Å². The summed E-state index contributed by atoms with van der Waals surface area (Å²) < 4.78 is 11.7. The maximum Gasteiger partial charge on any atom is 2.00 e. The van der Waals surface area contributed by atoms with Gasteiger partial charge < -0.3 is 29.3 Å². The fourth-order valence-corrected chi connectivity index (χ4v) is 9.50. The topological polar surface area (TPSA) is 133 Å². The molecule has 0 aliphatic heterocycles. The van der Waals surface area contributed by atoms with Gasteiger partial charge in [0.15, 0.2) is 0 Å². The normalized spacial score (nSPS) is 11.9. The van der Waals surface area contributed by atoms with Crippen molar-refractivity contribution in [2.45, 2.75) is 374 Å². The Kier molecular flexibility index (Phi) is 65.2. The number of ether oxygens (including phenoxy) is 2. The zero-order chi connectivity index (χ0) is 51.6. The van der Waals surface area contributed by atoms with Crippen molar-refractivity contribution in [2.75, 3.05) is 0 Å². The molecule has 0 amide bonds. The molecule has 0 bridgehead atoms. The van der Waals surface area contributed by atoms with Gasteiger partial charge >= 0.3 is 31.4 Å². The monoisotopic (exact) mass is 1050 g/mol. The van der Waals surface area contributed by atoms with Crippen LogP contribution in [0.3, 0.4) is 0 Å². The fraction of sp³-hybridized carbons (Fsp3) is 0.935. The quantitative estimate of drug-likeness (QED) is 0.0334. The molecule has 0 saturated carbocycles. The van der Waals surface area contributed by atoms with Gasteiger partial charge in [0.1, 0.15) is 12.2 Å². The van der Waals surface area contributed by atoms with Crippen LogP contribution in [0.15, 0.2) is 0 Å². The summed E-state index contributed by atoms with van der Waals surface area (Å²) in [5.74, 6) is -1.81. The van der Waals surface area contributed by atoms with E-state index >= 15 is 0 Å². The molecule has 9 heteroatoms. The largest absolute Gasteiger partial charge is 2.00 e. The number of hydrogen-bond donors (Lipinski definition) is 0. The first-order valence-corrected chi connectivity index (χ1v) is 31.0. The van der Waals surface area contributed by atoms with Gasteiger partial charge in [0, 0.05) is 24.8 Å². The molecular formula is C62H118O8Zn. The molecule has 0 radical (unpaired) electrons. The molecule has 0 aromatic carbocycles. The maximum atomic E-state index is 12.3. The van der Waals surface area contributed by atoms with Crippen LogP contribution in [0.4, 0.5) is 0 Å². The second-order valence-corrected chi connectivity index (χ2v) is 21.3. The first kappa shape index (κ1) is 73.7. The van der Waals surface area contributed by atoms with Gasteiger partial charge in [0.25, 0.3) is 0 Å². The molecule has 71 heavy (non-hydrogen) atoms. The van der Waals surface area contributed by atoms with Gasteiger partial charge in [-0.1, -0.05) is 272 Å². The molecule has 0 rings (SSSR count). The van der Waals surface area contributed by atoms with E-state index in [2.05, 4.69) is 27.7 Å². The summed E-state index contributed by atoms with van der Waals surface area (Å²) in [7, 11) is 0. The standard InChI is InChI=1S/2C31H60O4.Zn/c2*1-3-5-7-8-9-10-15-18-21-24-28-31(34)35-29(25-6-4-2)26-22-19-16-13-11-12-14-17-20-23-27-30(32)33;/h2*29H,3-28H2,1-2H3,(H,32,33);/q;;+2/p-2. The average Bonchev–Trinajstić information content (AvgIpc) is 3.34. The van der Waals surface area contributed by atoms with E-state index in [4.69, 9.17) is 9.47 Å². The molecule has 0 N–H and O–H groups in total. The molecule has 8 nitrogen and oxygen atoms in total. The Balaban J connectivity index is -0.00000128. The molecule has 0 heterocycles. The second-order valence-electron chi connectivity index (χ2n) is 21.3. The van der Waals surface area contributed by atoms with Crippen molar-refractivity contribution < 1.29 is 58.3 Å². The summed E-state index contributed by atoms with van der Waals surface area (Å²) in [6.07, 6.45) is 59.3. The van der Waals surface area contributed by atoms with E-state index in [1.165, 1.54) is 180 Å². The number of carbonyl (C=O) groups is 4. The molecule has 0 aliphatic rings. The third-order valence-corrected chi connectivity index (χ3v) is 14.1. The molecule has 2 unspecified atom stereocenters. The molecule has 0 saturated heterocycles. The third kappa shape index (κ3) is 64.6. The molecular weight excluding hydrogens is 938 g/mol. The van der Waals surface area contributed by atoms with Crippen molar-refractivity contribution in [1.29, 1.82) is 0 Å². The Labute approximate surface area is 453 Å². The van der Waals surface area contributed by atoms with E-state index in [0.717, 1.165) is 128 Å². The summed E-state index contributed by atoms with van der Waals surface area (Å²) in [6, 6.07) is 0. The molecule has 416 valence electrons. The third-order valence-electron chi connectivity index (χ3n) is 14.1.